The van der Waals surface area contributed by atoms with Crippen molar-refractivity contribution in [3.8, 4) is 0 Å². The molecule has 0 aromatic rings. The fraction of sp³-hybridized carbons (Fsp3) is 0.833. The highest BCUT2D eigenvalue weighted by Crippen LogP contribution is 2.19. The lowest BCUT2D eigenvalue weighted by molar-refractivity contribution is -0.142. The lowest BCUT2D eigenvalue weighted by Gasteiger charge is -2.28. The minimum atomic E-state index is -0.914. The van der Waals surface area contributed by atoms with E-state index in [9.17, 15) is 9.59 Å². The number of likely N-dealkylation sites (N-methyl/N-ethyl adjacent to an activating group) is 2. The van der Waals surface area contributed by atoms with Gasteiger partial charge in [0.05, 0.1) is 19.3 Å². The third-order valence-corrected chi connectivity index (χ3v) is 3.90. The first-order chi connectivity index (χ1) is 8.99. The Morgan fingerprint density at radius 3 is 2.74 bits per heavy atom. The van der Waals surface area contributed by atoms with Gasteiger partial charge in [0.2, 0.25) is 0 Å². The van der Waals surface area contributed by atoms with Crippen LogP contribution in [0.25, 0.3) is 0 Å². The molecule has 2 amide bonds. The molecule has 3 unspecified atom stereocenters. The van der Waals surface area contributed by atoms with Crippen molar-refractivity contribution in [1.29, 1.82) is 0 Å². The summed E-state index contributed by atoms with van der Waals surface area (Å²) in [5.41, 5.74) is 0. The fourth-order valence-corrected chi connectivity index (χ4v) is 2.64. The van der Waals surface area contributed by atoms with Crippen LogP contribution in [-0.4, -0.2) is 79.4 Å². The van der Waals surface area contributed by atoms with E-state index in [0.717, 1.165) is 19.5 Å². The molecular weight excluding hydrogens is 250 g/mol. The molecule has 0 bridgehead atoms. The first-order valence-corrected chi connectivity index (χ1v) is 6.51. The van der Waals surface area contributed by atoms with Crippen LogP contribution < -0.4 is 5.32 Å². The van der Waals surface area contributed by atoms with Crippen LogP contribution in [0.1, 0.15) is 6.42 Å². The van der Waals surface area contributed by atoms with Crippen LogP contribution in [0.5, 0.6) is 0 Å². The van der Waals surface area contributed by atoms with Crippen molar-refractivity contribution in [1.82, 2.24) is 15.1 Å². The van der Waals surface area contributed by atoms with Gasteiger partial charge in [-0.3, -0.25) is 4.79 Å². The molecule has 0 aromatic carbocycles. The van der Waals surface area contributed by atoms with Gasteiger partial charge in [0.25, 0.3) is 0 Å². The summed E-state index contributed by atoms with van der Waals surface area (Å²) in [6.45, 7) is 2.26. The van der Waals surface area contributed by atoms with Crippen LogP contribution in [-0.2, 0) is 9.53 Å². The van der Waals surface area contributed by atoms with Crippen LogP contribution in [0, 0.1) is 5.92 Å². The minimum absolute atomic E-state index is 0.144. The summed E-state index contributed by atoms with van der Waals surface area (Å²) < 4.78 is 5.18. The number of nitrogens with zero attached hydrogens (tertiary/aromatic N) is 2. The van der Waals surface area contributed by atoms with Gasteiger partial charge in [-0.1, -0.05) is 0 Å². The van der Waals surface area contributed by atoms with Crippen molar-refractivity contribution < 1.29 is 19.4 Å². The largest absolute Gasteiger partial charge is 0.481 e. The summed E-state index contributed by atoms with van der Waals surface area (Å²) >= 11 is 0. The van der Waals surface area contributed by atoms with Crippen LogP contribution in [0.3, 0.4) is 0 Å². The Morgan fingerprint density at radius 1 is 1.42 bits per heavy atom. The van der Waals surface area contributed by atoms with Crippen molar-refractivity contribution in [3.05, 3.63) is 0 Å². The maximum atomic E-state index is 12.1. The Hall–Kier alpha value is -1.34. The number of likely N-dealkylation sites (tertiary alicyclic amines) is 1. The quantitative estimate of drug-likeness (QED) is 0.718. The number of nitrogens with one attached hydrogen (secondary N) is 1. The molecular formula is C12H21N3O4. The number of carbonyl (C=O) groups excluding carboxylic acids is 1. The Bertz CT molecular complexity index is 363. The maximum absolute atomic E-state index is 12.1. The normalized spacial score (nSPS) is 31.4. The summed E-state index contributed by atoms with van der Waals surface area (Å²) in [6, 6.07) is -0.468. The van der Waals surface area contributed by atoms with E-state index >= 15 is 0 Å². The average molecular weight is 271 g/mol. The van der Waals surface area contributed by atoms with Gasteiger partial charge in [0.15, 0.2) is 0 Å². The first-order valence-electron chi connectivity index (χ1n) is 6.51. The molecule has 7 nitrogen and oxygen atoms in total. The molecule has 0 saturated carbocycles. The van der Waals surface area contributed by atoms with E-state index in [4.69, 9.17) is 9.84 Å². The molecule has 108 valence electrons. The number of ether oxygens (including phenoxy) is 1. The highest BCUT2D eigenvalue weighted by atomic mass is 16.5. The van der Waals surface area contributed by atoms with Crippen molar-refractivity contribution in [2.45, 2.75) is 18.5 Å². The number of aliphatic carboxylic acids is 1. The van der Waals surface area contributed by atoms with Crippen LogP contribution in [0.15, 0.2) is 0 Å². The second kappa shape index (κ2) is 5.75. The highest BCUT2D eigenvalue weighted by molar-refractivity contribution is 5.77. The second-order valence-corrected chi connectivity index (χ2v) is 5.36. The third kappa shape index (κ3) is 3.16. The number of carboxylic acids is 1. The lowest BCUT2D eigenvalue weighted by atomic mass is 10.0. The standard InChI is InChI=1S/C12H21N3O4/c1-14-4-3-8(5-14)13-12(18)15(2)10-7-19-6-9(10)11(16)17/h8-10H,3-7H2,1-2H3,(H,13,18)(H,16,17). The monoisotopic (exact) mass is 271 g/mol. The van der Waals surface area contributed by atoms with E-state index in [1.807, 2.05) is 7.05 Å². The average Bonchev–Trinajstić information content (AvgIpc) is 2.97. The molecule has 0 aromatic heterocycles. The Morgan fingerprint density at radius 2 is 2.16 bits per heavy atom. The molecule has 0 spiro atoms. The van der Waals surface area contributed by atoms with E-state index in [-0.39, 0.29) is 25.3 Å². The summed E-state index contributed by atoms with van der Waals surface area (Å²) in [7, 11) is 3.64. The molecule has 3 atom stereocenters. The van der Waals surface area contributed by atoms with Gasteiger partial charge >= 0.3 is 12.0 Å². The minimum Gasteiger partial charge on any atom is -0.481 e. The number of amides is 2. The summed E-state index contributed by atoms with van der Waals surface area (Å²) in [4.78, 5) is 26.8. The molecule has 2 fully saturated rings. The van der Waals surface area contributed by atoms with Gasteiger partial charge < -0.3 is 25.0 Å². The number of rotatable bonds is 3. The molecule has 2 aliphatic rings. The lowest BCUT2D eigenvalue weighted by Crippen LogP contribution is -2.51. The van der Waals surface area contributed by atoms with Crippen LogP contribution >= 0.6 is 0 Å². The van der Waals surface area contributed by atoms with Gasteiger partial charge in [0.1, 0.15) is 5.92 Å². The summed E-state index contributed by atoms with van der Waals surface area (Å²) in [6.07, 6.45) is 0.930. The molecule has 0 radical (unpaired) electrons. The zero-order chi connectivity index (χ0) is 14.0. The SMILES string of the molecule is CN1CCC(NC(=O)N(C)C2COCC2C(=O)O)C1. The summed E-state index contributed by atoms with van der Waals surface area (Å²) in [5, 5.41) is 12.0. The second-order valence-electron chi connectivity index (χ2n) is 5.36. The number of carbonyl (C=O) groups is 2. The molecule has 2 aliphatic heterocycles. The molecule has 2 rings (SSSR count). The highest BCUT2D eigenvalue weighted by Gasteiger charge is 2.39. The van der Waals surface area contributed by atoms with Crippen LogP contribution in [0.4, 0.5) is 4.79 Å². The Labute approximate surface area is 112 Å². The van der Waals surface area contributed by atoms with E-state index in [0.29, 0.717) is 0 Å². The topological polar surface area (TPSA) is 82.1 Å². The number of urea groups is 1. The first kappa shape index (κ1) is 14.1. The predicted molar refractivity (Wildman–Crippen MR) is 67.9 cm³/mol. The van der Waals surface area contributed by atoms with E-state index < -0.39 is 17.9 Å². The van der Waals surface area contributed by atoms with Crippen molar-refractivity contribution >= 4 is 12.0 Å². The number of carboxylic acid groups (broad SMARTS) is 1. The van der Waals surface area contributed by atoms with Gasteiger partial charge in [0, 0.05) is 19.6 Å². The van der Waals surface area contributed by atoms with Gasteiger partial charge in [-0.25, -0.2) is 4.79 Å². The number of hydrogen-bond donors (Lipinski definition) is 2. The smallest absolute Gasteiger partial charge is 0.317 e. The van der Waals surface area contributed by atoms with Gasteiger partial charge in [-0.2, -0.15) is 0 Å². The number of hydrogen-bond acceptors (Lipinski definition) is 4. The fourth-order valence-electron chi connectivity index (χ4n) is 2.64. The summed E-state index contributed by atoms with van der Waals surface area (Å²) in [5.74, 6) is -1.55. The molecule has 2 saturated heterocycles. The molecule has 0 aliphatic carbocycles. The molecule has 2 N–H and O–H groups in total. The van der Waals surface area contributed by atoms with Crippen molar-refractivity contribution in [2.24, 2.45) is 5.92 Å². The van der Waals surface area contributed by atoms with Gasteiger partial charge in [-0.05, 0) is 20.0 Å². The van der Waals surface area contributed by atoms with Gasteiger partial charge in [-0.15, -0.1) is 0 Å². The molecule has 2 heterocycles. The molecule has 7 heteroatoms. The third-order valence-electron chi connectivity index (χ3n) is 3.90. The predicted octanol–water partition coefficient (Wildman–Crippen LogP) is -0.568. The van der Waals surface area contributed by atoms with Crippen molar-refractivity contribution in [2.75, 3.05) is 40.4 Å². The van der Waals surface area contributed by atoms with Crippen molar-refractivity contribution in [3.63, 3.8) is 0 Å². The van der Waals surface area contributed by atoms with E-state index in [1.54, 1.807) is 7.05 Å². The zero-order valence-electron chi connectivity index (χ0n) is 11.3. The zero-order valence-corrected chi connectivity index (χ0v) is 11.3. The Balaban J connectivity index is 1.89. The van der Waals surface area contributed by atoms with E-state index in [2.05, 4.69) is 10.2 Å². The maximum Gasteiger partial charge on any atom is 0.317 e. The Kier molecular flexibility index (Phi) is 4.26. The van der Waals surface area contributed by atoms with E-state index in [1.165, 1.54) is 4.90 Å². The van der Waals surface area contributed by atoms with Crippen LogP contribution in [0.2, 0.25) is 0 Å². The molecule has 19 heavy (non-hydrogen) atoms.